The molecule has 0 radical (unpaired) electrons. The van der Waals surface area contributed by atoms with Crippen molar-refractivity contribution in [2.75, 3.05) is 42.3 Å². The standard InChI is InChI=1S/C29H26ClFN8O3S/c30-24-6-5-20(43-24)14-35-27-25(31)26(36-39(27)29(41)21-3-1-2-4-23(21)32)22-11-19(37-7-9-42-10-8-37)16-38(28(22)40)15-18-12-33-17-34-13-18/h1-6,11-13,16-17,35H,7-10,14-15,32H2. The highest BCUT2D eigenvalue weighted by Gasteiger charge is 2.28. The van der Waals surface area contributed by atoms with Crippen molar-refractivity contribution < 1.29 is 13.9 Å². The van der Waals surface area contributed by atoms with Crippen LogP contribution in [0.4, 0.5) is 21.6 Å². The van der Waals surface area contributed by atoms with Crippen molar-refractivity contribution in [3.63, 3.8) is 0 Å². The van der Waals surface area contributed by atoms with Gasteiger partial charge in [0.2, 0.25) is 0 Å². The summed E-state index contributed by atoms with van der Waals surface area (Å²) in [6, 6.07) is 11.6. The van der Waals surface area contributed by atoms with Gasteiger partial charge < -0.3 is 25.3 Å². The predicted octanol–water partition coefficient (Wildman–Crippen LogP) is 4.12. The maximum Gasteiger partial charge on any atom is 0.282 e. The van der Waals surface area contributed by atoms with Crippen molar-refractivity contribution in [1.29, 1.82) is 0 Å². The minimum atomic E-state index is -0.851. The topological polar surface area (TPSA) is 133 Å². The number of nitrogens with zero attached hydrogens (tertiary/aromatic N) is 6. The van der Waals surface area contributed by atoms with Gasteiger partial charge in [0.1, 0.15) is 12.0 Å². The van der Waals surface area contributed by atoms with E-state index >= 15 is 4.39 Å². The van der Waals surface area contributed by atoms with E-state index < -0.39 is 17.3 Å². The maximum atomic E-state index is 16.4. The SMILES string of the molecule is Nc1ccccc1C(=O)n1nc(-c2cc(N3CCOCC3)cn(Cc3cncnc3)c2=O)c(F)c1NCc1ccc(Cl)s1. The van der Waals surface area contributed by atoms with Crippen molar-refractivity contribution in [2.45, 2.75) is 13.1 Å². The highest BCUT2D eigenvalue weighted by molar-refractivity contribution is 7.16. The molecule has 1 aliphatic heterocycles. The zero-order chi connectivity index (χ0) is 29.9. The third kappa shape index (κ3) is 6.00. The molecule has 0 unspecified atom stereocenters. The van der Waals surface area contributed by atoms with E-state index in [0.29, 0.717) is 41.9 Å². The molecule has 3 N–H and O–H groups in total. The van der Waals surface area contributed by atoms with E-state index in [4.69, 9.17) is 22.1 Å². The minimum absolute atomic E-state index is 0.00635. The van der Waals surface area contributed by atoms with Crippen LogP contribution in [-0.2, 0) is 17.8 Å². The van der Waals surface area contributed by atoms with Crippen LogP contribution in [0.1, 0.15) is 20.8 Å². The number of nitrogen functional groups attached to an aromatic ring is 1. The maximum absolute atomic E-state index is 16.4. The molecule has 0 aliphatic carbocycles. The van der Waals surface area contributed by atoms with Crippen LogP contribution in [0.15, 0.2) is 72.2 Å². The molecule has 11 nitrogen and oxygen atoms in total. The first-order valence-corrected chi connectivity index (χ1v) is 14.6. The number of thiophene rings is 1. The molecule has 0 amide bonds. The van der Waals surface area contributed by atoms with Crippen LogP contribution >= 0.6 is 22.9 Å². The van der Waals surface area contributed by atoms with Gasteiger partial charge in [0.15, 0.2) is 11.6 Å². The number of pyridine rings is 1. The van der Waals surface area contributed by atoms with E-state index in [-0.39, 0.29) is 41.4 Å². The van der Waals surface area contributed by atoms with Crippen molar-refractivity contribution >= 4 is 46.0 Å². The molecule has 1 aliphatic rings. The Hall–Kier alpha value is -4.59. The van der Waals surface area contributed by atoms with Crippen LogP contribution in [0.5, 0.6) is 0 Å². The normalized spacial score (nSPS) is 13.3. The minimum Gasteiger partial charge on any atom is -0.398 e. The number of nitrogens with two attached hydrogens (primary N) is 1. The van der Waals surface area contributed by atoms with Gasteiger partial charge in [0.05, 0.1) is 47.5 Å². The average Bonchev–Trinajstić information content (AvgIpc) is 3.59. The molecule has 6 rings (SSSR count). The Morgan fingerprint density at radius 1 is 1.14 bits per heavy atom. The van der Waals surface area contributed by atoms with Crippen LogP contribution in [0.3, 0.4) is 0 Å². The first-order valence-electron chi connectivity index (χ1n) is 13.4. The lowest BCUT2D eigenvalue weighted by atomic mass is 10.1. The molecule has 5 heterocycles. The number of para-hydroxylation sites is 1. The quantitative estimate of drug-likeness (QED) is 0.246. The molecule has 1 saturated heterocycles. The Morgan fingerprint density at radius 2 is 1.91 bits per heavy atom. The Morgan fingerprint density at radius 3 is 2.63 bits per heavy atom. The smallest absolute Gasteiger partial charge is 0.282 e. The number of halogens is 2. The van der Waals surface area contributed by atoms with Crippen molar-refractivity contribution in [3.8, 4) is 11.3 Å². The van der Waals surface area contributed by atoms with E-state index in [2.05, 4.69) is 25.3 Å². The largest absolute Gasteiger partial charge is 0.398 e. The number of carbonyl (C=O) groups is 1. The summed E-state index contributed by atoms with van der Waals surface area (Å²) in [5.41, 5.74) is 7.04. The molecule has 0 bridgehead atoms. The Kier molecular flexibility index (Phi) is 8.18. The zero-order valence-corrected chi connectivity index (χ0v) is 24.3. The summed E-state index contributed by atoms with van der Waals surface area (Å²) in [7, 11) is 0. The van der Waals surface area contributed by atoms with Crippen LogP contribution in [-0.4, -0.2) is 56.5 Å². The third-order valence-electron chi connectivity index (χ3n) is 6.94. The fraction of sp³-hybridized carbons (Fsp3) is 0.207. The summed E-state index contributed by atoms with van der Waals surface area (Å²) in [4.78, 5) is 38.5. The van der Waals surface area contributed by atoms with E-state index in [1.54, 1.807) is 55.0 Å². The second-order valence-electron chi connectivity index (χ2n) is 9.77. The van der Waals surface area contributed by atoms with Gasteiger partial charge in [-0.25, -0.2) is 14.4 Å². The van der Waals surface area contributed by atoms with E-state index in [9.17, 15) is 9.59 Å². The summed E-state index contributed by atoms with van der Waals surface area (Å²) in [6.07, 6.45) is 6.34. The molecule has 0 saturated carbocycles. The summed E-state index contributed by atoms with van der Waals surface area (Å²) in [5, 5.41) is 7.37. The zero-order valence-electron chi connectivity index (χ0n) is 22.7. The molecule has 1 fully saturated rings. The van der Waals surface area contributed by atoms with Gasteiger partial charge in [0, 0.05) is 47.8 Å². The number of anilines is 3. The molecule has 0 spiro atoms. The van der Waals surface area contributed by atoms with Crippen molar-refractivity contribution in [2.24, 2.45) is 0 Å². The van der Waals surface area contributed by atoms with Gasteiger partial charge in [-0.3, -0.25) is 9.59 Å². The second-order valence-corrected chi connectivity index (χ2v) is 11.6. The number of rotatable bonds is 8. The Balaban J connectivity index is 1.49. The number of hydrogen-bond acceptors (Lipinski definition) is 10. The monoisotopic (exact) mass is 620 g/mol. The fourth-order valence-corrected chi connectivity index (χ4v) is 5.83. The highest BCUT2D eigenvalue weighted by Crippen LogP contribution is 2.31. The van der Waals surface area contributed by atoms with Crippen LogP contribution in [0.2, 0.25) is 4.34 Å². The van der Waals surface area contributed by atoms with Gasteiger partial charge in [-0.05, 0) is 30.3 Å². The first-order chi connectivity index (χ1) is 20.9. The van der Waals surface area contributed by atoms with Crippen LogP contribution in [0.25, 0.3) is 11.3 Å². The lowest BCUT2D eigenvalue weighted by molar-refractivity contribution is 0.0948. The fourth-order valence-electron chi connectivity index (χ4n) is 4.80. The summed E-state index contributed by atoms with van der Waals surface area (Å²) in [6.45, 7) is 2.52. The number of carbonyl (C=O) groups excluding carboxylic acids is 1. The number of aromatic nitrogens is 5. The molecular weight excluding hydrogens is 595 g/mol. The third-order valence-corrected chi connectivity index (χ3v) is 8.17. The number of hydrogen-bond donors (Lipinski definition) is 2. The molecular formula is C29H26ClFN8O3S. The molecule has 1 aromatic carbocycles. The number of benzene rings is 1. The second kappa shape index (κ2) is 12.3. The van der Waals surface area contributed by atoms with Gasteiger partial charge >= 0.3 is 0 Å². The van der Waals surface area contributed by atoms with Gasteiger partial charge in [-0.1, -0.05) is 23.7 Å². The summed E-state index contributed by atoms with van der Waals surface area (Å²) in [5.74, 6) is -1.70. The molecule has 220 valence electrons. The molecule has 43 heavy (non-hydrogen) atoms. The number of ether oxygens (including phenoxy) is 1. The molecule has 5 aromatic rings. The first kappa shape index (κ1) is 28.5. The summed E-state index contributed by atoms with van der Waals surface area (Å²) < 4.78 is 24.9. The predicted molar refractivity (Wildman–Crippen MR) is 163 cm³/mol. The lowest BCUT2D eigenvalue weighted by Crippen LogP contribution is -2.37. The molecule has 0 atom stereocenters. The van der Waals surface area contributed by atoms with Crippen LogP contribution < -0.4 is 21.5 Å². The number of nitrogens with one attached hydrogen (secondary N) is 1. The van der Waals surface area contributed by atoms with Gasteiger partial charge in [-0.15, -0.1) is 11.3 Å². The Bertz CT molecular complexity index is 1840. The van der Waals surface area contributed by atoms with Crippen molar-refractivity contribution in [3.05, 3.63) is 104 Å². The molecule has 14 heteroatoms. The van der Waals surface area contributed by atoms with Gasteiger partial charge in [-0.2, -0.15) is 9.78 Å². The molecule has 4 aromatic heterocycles. The van der Waals surface area contributed by atoms with E-state index in [1.807, 2.05) is 0 Å². The lowest BCUT2D eigenvalue weighted by Gasteiger charge is -2.29. The van der Waals surface area contributed by atoms with Crippen LogP contribution in [0, 0.1) is 5.82 Å². The Labute approximate surface area is 254 Å². The number of morpholine rings is 1. The summed E-state index contributed by atoms with van der Waals surface area (Å²) >= 11 is 7.40. The van der Waals surface area contributed by atoms with Gasteiger partial charge in [0.25, 0.3) is 11.5 Å². The average molecular weight is 621 g/mol. The van der Waals surface area contributed by atoms with E-state index in [1.165, 1.54) is 28.3 Å². The highest BCUT2D eigenvalue weighted by atomic mass is 35.5. The van der Waals surface area contributed by atoms with E-state index in [0.717, 1.165) is 9.56 Å². The van der Waals surface area contributed by atoms with Crippen molar-refractivity contribution in [1.82, 2.24) is 24.3 Å².